The van der Waals surface area contributed by atoms with E-state index in [9.17, 15) is 0 Å². The molecular formula is C13H16N2S2. The van der Waals surface area contributed by atoms with Crippen LogP contribution in [0.3, 0.4) is 0 Å². The Morgan fingerprint density at radius 3 is 2.71 bits per heavy atom. The molecule has 0 N–H and O–H groups in total. The summed E-state index contributed by atoms with van der Waals surface area (Å²) in [6.45, 7) is 0.976. The van der Waals surface area contributed by atoms with Gasteiger partial charge in [-0.15, -0.1) is 11.3 Å². The molecule has 0 radical (unpaired) electrons. The molecule has 2 rings (SSSR count). The van der Waals surface area contributed by atoms with Crippen LogP contribution in [0.1, 0.15) is 10.4 Å². The van der Waals surface area contributed by atoms with Crippen LogP contribution in [0, 0.1) is 0 Å². The van der Waals surface area contributed by atoms with Crippen molar-refractivity contribution in [3.63, 3.8) is 0 Å². The molecule has 0 unspecified atom stereocenters. The summed E-state index contributed by atoms with van der Waals surface area (Å²) < 4.78 is 1.16. The Morgan fingerprint density at radius 1 is 1.24 bits per heavy atom. The van der Waals surface area contributed by atoms with Gasteiger partial charge in [0, 0.05) is 23.4 Å². The summed E-state index contributed by atoms with van der Waals surface area (Å²) >= 11 is 3.60. The first-order valence-corrected chi connectivity index (χ1v) is 7.30. The second-order valence-corrected chi connectivity index (χ2v) is 6.44. The highest BCUT2D eigenvalue weighted by Crippen LogP contribution is 2.27. The number of hydrogen-bond donors (Lipinski definition) is 0. The summed E-state index contributed by atoms with van der Waals surface area (Å²) in [7, 11) is 4.16. The van der Waals surface area contributed by atoms with Crippen LogP contribution < -0.4 is 0 Å². The van der Waals surface area contributed by atoms with Crippen LogP contribution in [0.2, 0.25) is 0 Å². The molecule has 0 aliphatic heterocycles. The SMILES string of the molecule is CN(C)Cc1cnc(SCc2ccccc2)s1. The molecule has 2 aromatic rings. The van der Waals surface area contributed by atoms with Gasteiger partial charge in [-0.1, -0.05) is 42.1 Å². The van der Waals surface area contributed by atoms with Gasteiger partial charge in [-0.2, -0.15) is 0 Å². The fourth-order valence-electron chi connectivity index (χ4n) is 1.46. The highest BCUT2D eigenvalue weighted by Gasteiger charge is 2.03. The summed E-state index contributed by atoms with van der Waals surface area (Å²) in [5.74, 6) is 0.996. The highest BCUT2D eigenvalue weighted by molar-refractivity contribution is 8.00. The topological polar surface area (TPSA) is 16.1 Å². The molecule has 0 saturated heterocycles. The van der Waals surface area contributed by atoms with Crippen molar-refractivity contribution in [1.82, 2.24) is 9.88 Å². The molecule has 0 aliphatic carbocycles. The van der Waals surface area contributed by atoms with Crippen molar-refractivity contribution < 1.29 is 0 Å². The minimum Gasteiger partial charge on any atom is -0.304 e. The molecule has 0 amide bonds. The lowest BCUT2D eigenvalue weighted by atomic mass is 10.2. The summed E-state index contributed by atoms with van der Waals surface area (Å²) in [5.41, 5.74) is 1.35. The van der Waals surface area contributed by atoms with Crippen molar-refractivity contribution in [1.29, 1.82) is 0 Å². The number of hydrogen-bond acceptors (Lipinski definition) is 4. The van der Waals surface area contributed by atoms with Gasteiger partial charge in [-0.25, -0.2) is 4.98 Å². The lowest BCUT2D eigenvalue weighted by molar-refractivity contribution is 0.406. The van der Waals surface area contributed by atoms with Gasteiger partial charge in [0.25, 0.3) is 0 Å². The molecule has 0 fully saturated rings. The molecule has 0 aliphatic rings. The summed E-state index contributed by atoms with van der Waals surface area (Å²) in [6, 6.07) is 10.5. The molecule has 1 aromatic carbocycles. The average molecular weight is 264 g/mol. The first-order chi connectivity index (χ1) is 8.24. The van der Waals surface area contributed by atoms with Crippen LogP contribution in [-0.4, -0.2) is 24.0 Å². The zero-order chi connectivity index (χ0) is 12.1. The van der Waals surface area contributed by atoms with Crippen LogP contribution in [0.4, 0.5) is 0 Å². The average Bonchev–Trinajstić information content (AvgIpc) is 2.75. The monoisotopic (exact) mass is 264 g/mol. The van der Waals surface area contributed by atoms with Crippen LogP contribution in [0.5, 0.6) is 0 Å². The zero-order valence-corrected chi connectivity index (χ0v) is 11.7. The molecule has 0 saturated carbocycles. The van der Waals surface area contributed by atoms with Crippen molar-refractivity contribution in [3.8, 4) is 0 Å². The number of benzene rings is 1. The highest BCUT2D eigenvalue weighted by atomic mass is 32.2. The van der Waals surface area contributed by atoms with E-state index in [1.165, 1.54) is 10.4 Å². The van der Waals surface area contributed by atoms with Crippen LogP contribution in [0.25, 0.3) is 0 Å². The van der Waals surface area contributed by atoms with E-state index in [0.717, 1.165) is 16.6 Å². The van der Waals surface area contributed by atoms with Gasteiger partial charge in [0.15, 0.2) is 0 Å². The van der Waals surface area contributed by atoms with Gasteiger partial charge in [0.2, 0.25) is 0 Å². The molecule has 4 heteroatoms. The van der Waals surface area contributed by atoms with E-state index in [1.54, 1.807) is 11.3 Å². The van der Waals surface area contributed by atoms with Gasteiger partial charge < -0.3 is 4.90 Å². The second kappa shape index (κ2) is 6.19. The number of thioether (sulfide) groups is 1. The second-order valence-electron chi connectivity index (χ2n) is 4.10. The lowest BCUT2D eigenvalue weighted by Gasteiger charge is -2.05. The van der Waals surface area contributed by atoms with E-state index in [1.807, 2.05) is 24.0 Å². The third-order valence-electron chi connectivity index (χ3n) is 2.21. The molecule has 1 heterocycles. The third kappa shape index (κ3) is 4.15. The largest absolute Gasteiger partial charge is 0.304 e. The van der Waals surface area contributed by atoms with Crippen molar-refractivity contribution in [2.75, 3.05) is 14.1 Å². The Morgan fingerprint density at radius 2 is 2.00 bits per heavy atom. The van der Waals surface area contributed by atoms with Gasteiger partial charge >= 0.3 is 0 Å². The maximum absolute atomic E-state index is 4.44. The van der Waals surface area contributed by atoms with Crippen molar-refractivity contribution >= 4 is 23.1 Å². The number of nitrogens with zero attached hydrogens (tertiary/aromatic N) is 2. The quantitative estimate of drug-likeness (QED) is 0.769. The Balaban J connectivity index is 1.89. The standard InChI is InChI=1S/C13H16N2S2/c1-15(2)9-12-8-14-13(17-12)16-10-11-6-4-3-5-7-11/h3-8H,9-10H2,1-2H3. The maximum Gasteiger partial charge on any atom is 0.150 e. The van der Waals surface area contributed by atoms with E-state index >= 15 is 0 Å². The summed E-state index contributed by atoms with van der Waals surface area (Å²) in [6.07, 6.45) is 1.98. The van der Waals surface area contributed by atoms with Crippen molar-refractivity contribution in [2.24, 2.45) is 0 Å². The normalized spacial score (nSPS) is 11.0. The van der Waals surface area contributed by atoms with E-state index in [0.29, 0.717) is 0 Å². The smallest absolute Gasteiger partial charge is 0.150 e. The Bertz CT molecular complexity index is 451. The fraction of sp³-hybridized carbons (Fsp3) is 0.308. The van der Waals surface area contributed by atoms with Crippen LogP contribution in [-0.2, 0) is 12.3 Å². The maximum atomic E-state index is 4.44. The van der Waals surface area contributed by atoms with E-state index in [2.05, 4.69) is 48.2 Å². The molecular weight excluding hydrogens is 248 g/mol. The third-order valence-corrected chi connectivity index (χ3v) is 4.42. The van der Waals surface area contributed by atoms with E-state index in [4.69, 9.17) is 0 Å². The van der Waals surface area contributed by atoms with Crippen LogP contribution in [0.15, 0.2) is 40.9 Å². The number of thiazole rings is 1. The van der Waals surface area contributed by atoms with Crippen molar-refractivity contribution in [3.05, 3.63) is 47.0 Å². The molecule has 2 nitrogen and oxygen atoms in total. The molecule has 0 bridgehead atoms. The summed E-state index contributed by atoms with van der Waals surface area (Å²) in [5, 5.41) is 0. The Labute approximate surface area is 111 Å². The van der Waals surface area contributed by atoms with Crippen LogP contribution >= 0.6 is 23.1 Å². The minimum atomic E-state index is 0.976. The van der Waals surface area contributed by atoms with E-state index < -0.39 is 0 Å². The predicted octanol–water partition coefficient (Wildman–Crippen LogP) is 3.50. The summed E-state index contributed by atoms with van der Waals surface area (Å²) in [4.78, 5) is 7.93. The van der Waals surface area contributed by atoms with Gasteiger partial charge in [0.05, 0.1) is 0 Å². The zero-order valence-electron chi connectivity index (χ0n) is 10.1. The molecule has 90 valence electrons. The number of rotatable bonds is 5. The van der Waals surface area contributed by atoms with Crippen molar-refractivity contribution in [2.45, 2.75) is 16.6 Å². The van der Waals surface area contributed by atoms with Gasteiger partial charge in [-0.05, 0) is 19.7 Å². The molecule has 17 heavy (non-hydrogen) atoms. The number of aromatic nitrogens is 1. The minimum absolute atomic E-state index is 0.976. The van der Waals surface area contributed by atoms with Gasteiger partial charge in [-0.3, -0.25) is 0 Å². The molecule has 0 atom stereocenters. The lowest BCUT2D eigenvalue weighted by Crippen LogP contribution is -2.09. The first-order valence-electron chi connectivity index (χ1n) is 5.50. The first kappa shape index (κ1) is 12.6. The Kier molecular flexibility index (Phi) is 4.59. The fourth-order valence-corrected chi connectivity index (χ4v) is 3.56. The molecule has 1 aromatic heterocycles. The van der Waals surface area contributed by atoms with E-state index in [-0.39, 0.29) is 0 Å². The Hall–Kier alpha value is -0.840. The molecule has 0 spiro atoms. The predicted molar refractivity (Wildman–Crippen MR) is 75.5 cm³/mol. The van der Waals surface area contributed by atoms with Gasteiger partial charge in [0.1, 0.15) is 4.34 Å².